The SMILES string of the molecule is COC(C)(C)OOC(C)(C)CO. The maximum absolute atomic E-state index is 8.82. The first-order valence-corrected chi connectivity index (χ1v) is 3.86. The number of ether oxygens (including phenoxy) is 1. The molecule has 0 spiro atoms. The minimum Gasteiger partial charge on any atom is -0.393 e. The van der Waals surface area contributed by atoms with Crippen molar-refractivity contribution in [2.24, 2.45) is 0 Å². The molecular weight excluding hydrogens is 160 g/mol. The Morgan fingerprint density at radius 1 is 1.08 bits per heavy atom. The van der Waals surface area contributed by atoms with Gasteiger partial charge in [-0.15, -0.1) is 0 Å². The molecule has 0 aliphatic carbocycles. The van der Waals surface area contributed by atoms with Crippen molar-refractivity contribution in [3.63, 3.8) is 0 Å². The molecular formula is C8H18O4. The Hall–Kier alpha value is -0.160. The van der Waals surface area contributed by atoms with Gasteiger partial charge in [0.25, 0.3) is 0 Å². The third-order valence-corrected chi connectivity index (χ3v) is 1.34. The maximum Gasteiger partial charge on any atom is 0.195 e. The summed E-state index contributed by atoms with van der Waals surface area (Å²) in [6.07, 6.45) is 0. The third-order valence-electron chi connectivity index (χ3n) is 1.34. The lowest BCUT2D eigenvalue weighted by Crippen LogP contribution is -2.36. The molecule has 0 saturated carbocycles. The standard InChI is InChI=1S/C8H18O4/c1-7(2,6-9)11-12-8(3,4)10-5/h9H,6H2,1-5H3. The van der Waals surface area contributed by atoms with E-state index in [4.69, 9.17) is 19.6 Å². The van der Waals surface area contributed by atoms with Gasteiger partial charge in [0.05, 0.1) is 6.61 Å². The van der Waals surface area contributed by atoms with E-state index in [1.54, 1.807) is 27.7 Å². The van der Waals surface area contributed by atoms with Crippen molar-refractivity contribution in [3.05, 3.63) is 0 Å². The Bertz CT molecular complexity index is 115. The van der Waals surface area contributed by atoms with Crippen LogP contribution in [0.5, 0.6) is 0 Å². The van der Waals surface area contributed by atoms with Crippen molar-refractivity contribution in [2.75, 3.05) is 13.7 Å². The third kappa shape index (κ3) is 4.66. The summed E-state index contributed by atoms with van der Waals surface area (Å²) in [5.41, 5.74) is -0.699. The molecule has 0 heterocycles. The van der Waals surface area contributed by atoms with Crippen molar-refractivity contribution < 1.29 is 19.6 Å². The van der Waals surface area contributed by atoms with E-state index in [0.29, 0.717) is 0 Å². The average molecular weight is 178 g/mol. The second-order valence-electron chi connectivity index (χ2n) is 3.69. The zero-order valence-electron chi connectivity index (χ0n) is 8.38. The minimum absolute atomic E-state index is 0.104. The molecule has 0 radical (unpaired) electrons. The molecule has 0 saturated heterocycles. The van der Waals surface area contributed by atoms with Crippen LogP contribution in [-0.4, -0.2) is 30.2 Å². The molecule has 0 aromatic heterocycles. The fourth-order valence-corrected chi connectivity index (χ4v) is 0.274. The van der Waals surface area contributed by atoms with E-state index >= 15 is 0 Å². The molecule has 0 unspecified atom stereocenters. The fraction of sp³-hybridized carbons (Fsp3) is 1.00. The lowest BCUT2D eigenvalue weighted by molar-refractivity contribution is -0.451. The second kappa shape index (κ2) is 4.18. The molecule has 0 aromatic carbocycles. The largest absolute Gasteiger partial charge is 0.393 e. The maximum atomic E-state index is 8.82. The van der Waals surface area contributed by atoms with Gasteiger partial charge in [-0.1, -0.05) is 0 Å². The Morgan fingerprint density at radius 2 is 1.58 bits per heavy atom. The summed E-state index contributed by atoms with van der Waals surface area (Å²) in [7, 11) is 1.52. The quantitative estimate of drug-likeness (QED) is 0.389. The Balaban J connectivity index is 3.82. The molecule has 0 aromatic rings. The molecule has 12 heavy (non-hydrogen) atoms. The Kier molecular flexibility index (Phi) is 4.13. The van der Waals surface area contributed by atoms with Crippen LogP contribution in [0.15, 0.2) is 0 Å². The molecule has 1 N–H and O–H groups in total. The normalized spacial score (nSPS) is 13.5. The lowest BCUT2D eigenvalue weighted by atomic mass is 10.2. The van der Waals surface area contributed by atoms with Crippen LogP contribution in [0.2, 0.25) is 0 Å². The highest BCUT2D eigenvalue weighted by atomic mass is 17.2. The zero-order chi connectivity index (χ0) is 9.83. The van der Waals surface area contributed by atoms with Crippen molar-refractivity contribution >= 4 is 0 Å². The van der Waals surface area contributed by atoms with Gasteiger partial charge in [0.15, 0.2) is 5.79 Å². The Labute approximate surface area is 73.4 Å². The van der Waals surface area contributed by atoms with Gasteiger partial charge in [-0.05, 0) is 27.7 Å². The zero-order valence-corrected chi connectivity index (χ0v) is 8.38. The first kappa shape index (κ1) is 11.8. The summed E-state index contributed by atoms with van der Waals surface area (Å²) in [5, 5.41) is 8.82. The smallest absolute Gasteiger partial charge is 0.195 e. The highest BCUT2D eigenvalue weighted by Crippen LogP contribution is 2.16. The van der Waals surface area contributed by atoms with Gasteiger partial charge in [-0.2, -0.15) is 0 Å². The van der Waals surface area contributed by atoms with Gasteiger partial charge in [0.1, 0.15) is 5.60 Å². The lowest BCUT2D eigenvalue weighted by Gasteiger charge is -2.28. The van der Waals surface area contributed by atoms with Gasteiger partial charge in [-0.3, -0.25) is 0 Å². The van der Waals surface area contributed by atoms with Crippen molar-refractivity contribution in [1.29, 1.82) is 0 Å². The number of hydrogen-bond donors (Lipinski definition) is 1. The number of aliphatic hydroxyl groups is 1. The molecule has 0 amide bonds. The van der Waals surface area contributed by atoms with E-state index in [2.05, 4.69) is 0 Å². The van der Waals surface area contributed by atoms with Crippen LogP contribution in [0.1, 0.15) is 27.7 Å². The number of rotatable bonds is 5. The minimum atomic E-state index is -0.785. The highest BCUT2D eigenvalue weighted by Gasteiger charge is 2.25. The van der Waals surface area contributed by atoms with Crippen LogP contribution >= 0.6 is 0 Å². The average Bonchev–Trinajstić information content (AvgIpc) is 2.02. The summed E-state index contributed by atoms with van der Waals surface area (Å²) in [4.78, 5) is 9.91. The Morgan fingerprint density at radius 3 is 1.92 bits per heavy atom. The summed E-state index contributed by atoms with van der Waals surface area (Å²) in [6, 6.07) is 0. The number of aliphatic hydroxyl groups excluding tert-OH is 1. The summed E-state index contributed by atoms with van der Waals surface area (Å²) in [5.74, 6) is -0.785. The van der Waals surface area contributed by atoms with Gasteiger partial charge in [0, 0.05) is 7.11 Å². The van der Waals surface area contributed by atoms with E-state index in [1.165, 1.54) is 7.11 Å². The second-order valence-corrected chi connectivity index (χ2v) is 3.69. The van der Waals surface area contributed by atoms with E-state index in [9.17, 15) is 0 Å². The van der Waals surface area contributed by atoms with Gasteiger partial charge < -0.3 is 9.84 Å². The molecule has 0 aliphatic heterocycles. The van der Waals surface area contributed by atoms with E-state index in [1.807, 2.05) is 0 Å². The van der Waals surface area contributed by atoms with Gasteiger partial charge in [0.2, 0.25) is 0 Å². The van der Waals surface area contributed by atoms with Crippen molar-refractivity contribution in [3.8, 4) is 0 Å². The topological polar surface area (TPSA) is 47.9 Å². The first-order valence-electron chi connectivity index (χ1n) is 3.86. The van der Waals surface area contributed by atoms with Crippen LogP contribution < -0.4 is 0 Å². The van der Waals surface area contributed by atoms with Crippen LogP contribution in [-0.2, 0) is 14.5 Å². The molecule has 0 fully saturated rings. The van der Waals surface area contributed by atoms with Crippen LogP contribution in [0.3, 0.4) is 0 Å². The predicted octanol–water partition coefficient (Wildman–Crippen LogP) is 1.09. The van der Waals surface area contributed by atoms with E-state index in [-0.39, 0.29) is 6.61 Å². The molecule has 0 bridgehead atoms. The highest BCUT2D eigenvalue weighted by molar-refractivity contribution is 4.63. The molecule has 0 atom stereocenters. The predicted molar refractivity (Wildman–Crippen MR) is 44.4 cm³/mol. The van der Waals surface area contributed by atoms with Gasteiger partial charge >= 0.3 is 0 Å². The van der Waals surface area contributed by atoms with E-state index < -0.39 is 11.4 Å². The first-order chi connectivity index (χ1) is 5.33. The molecule has 0 aliphatic rings. The number of methoxy groups -OCH3 is 1. The fourth-order valence-electron chi connectivity index (χ4n) is 0.274. The van der Waals surface area contributed by atoms with Crippen LogP contribution in [0.4, 0.5) is 0 Å². The van der Waals surface area contributed by atoms with E-state index in [0.717, 1.165) is 0 Å². The molecule has 4 heteroatoms. The van der Waals surface area contributed by atoms with Crippen molar-refractivity contribution in [1.82, 2.24) is 0 Å². The summed E-state index contributed by atoms with van der Waals surface area (Å²) >= 11 is 0. The molecule has 4 nitrogen and oxygen atoms in total. The summed E-state index contributed by atoms with van der Waals surface area (Å²) in [6.45, 7) is 6.78. The van der Waals surface area contributed by atoms with Crippen molar-refractivity contribution in [2.45, 2.75) is 39.1 Å². The van der Waals surface area contributed by atoms with Crippen LogP contribution in [0.25, 0.3) is 0 Å². The van der Waals surface area contributed by atoms with Crippen LogP contribution in [0, 0.1) is 0 Å². The molecule has 0 rings (SSSR count). The monoisotopic (exact) mass is 178 g/mol. The number of hydrogen-bond acceptors (Lipinski definition) is 4. The molecule has 74 valence electrons. The van der Waals surface area contributed by atoms with Gasteiger partial charge in [-0.25, -0.2) is 9.78 Å². The summed E-state index contributed by atoms with van der Waals surface area (Å²) < 4.78 is 4.95.